The maximum absolute atomic E-state index is 14.2. The average molecular weight is 673 g/mol. The van der Waals surface area contributed by atoms with Crippen molar-refractivity contribution in [3.05, 3.63) is 82.8 Å². The van der Waals surface area contributed by atoms with Crippen LogP contribution in [0.3, 0.4) is 0 Å². The molecule has 2 amide bonds. The van der Waals surface area contributed by atoms with Gasteiger partial charge in [-0.2, -0.15) is 0 Å². The number of para-hydroxylation sites is 2. The summed E-state index contributed by atoms with van der Waals surface area (Å²) in [6.07, 6.45) is 5.06. The third-order valence-corrected chi connectivity index (χ3v) is 9.97. The van der Waals surface area contributed by atoms with Gasteiger partial charge in [0.05, 0.1) is 24.8 Å². The molecule has 1 N–H and O–H groups in total. The molecule has 0 radical (unpaired) electrons. The number of carbonyl (C=O) groups excluding carboxylic acids is 2. The highest BCUT2D eigenvalue weighted by Crippen LogP contribution is 2.33. The number of methoxy groups -OCH3 is 2. The Kier molecular flexibility index (Phi) is 11.1. The monoisotopic (exact) mass is 671 g/mol. The zero-order valence-electron chi connectivity index (χ0n) is 24.7. The van der Waals surface area contributed by atoms with Gasteiger partial charge in [0.2, 0.25) is 11.8 Å². The lowest BCUT2D eigenvalue weighted by Gasteiger charge is -2.33. The van der Waals surface area contributed by atoms with Crippen molar-refractivity contribution in [2.24, 2.45) is 0 Å². The number of hydrogen-bond donors (Lipinski definition) is 1. The van der Waals surface area contributed by atoms with Crippen LogP contribution in [0.25, 0.3) is 0 Å². The number of benzene rings is 3. The summed E-state index contributed by atoms with van der Waals surface area (Å²) in [4.78, 5) is 29.1. The molecule has 1 aliphatic carbocycles. The number of halogens is 1. The SMILES string of the molecule is COc1ccc(S(=O)(=O)N(CC(=O)N(Cc2ccc(Br)cc2)[C@@H](C)C(=O)NC2CCCCC2)c2ccccc2OC)cc1. The molecule has 0 bridgehead atoms. The van der Waals surface area contributed by atoms with Crippen molar-refractivity contribution in [2.45, 2.75) is 62.6 Å². The van der Waals surface area contributed by atoms with E-state index in [4.69, 9.17) is 9.47 Å². The molecule has 9 nitrogen and oxygen atoms in total. The van der Waals surface area contributed by atoms with Crippen LogP contribution in [-0.2, 0) is 26.2 Å². The van der Waals surface area contributed by atoms with Gasteiger partial charge in [-0.1, -0.05) is 59.5 Å². The fourth-order valence-electron chi connectivity index (χ4n) is 5.16. The van der Waals surface area contributed by atoms with Crippen molar-refractivity contribution in [1.29, 1.82) is 0 Å². The molecule has 1 atom stereocenters. The summed E-state index contributed by atoms with van der Waals surface area (Å²) in [6, 6.07) is 19.3. The Bertz CT molecular complexity index is 1490. The van der Waals surface area contributed by atoms with Gasteiger partial charge in [-0.15, -0.1) is 0 Å². The molecule has 4 rings (SSSR count). The number of sulfonamides is 1. The highest BCUT2D eigenvalue weighted by Gasteiger charge is 2.34. The molecule has 3 aromatic rings. The molecule has 0 heterocycles. The van der Waals surface area contributed by atoms with Crippen LogP contribution in [-0.4, -0.2) is 58.0 Å². The third-order valence-electron chi connectivity index (χ3n) is 7.67. The van der Waals surface area contributed by atoms with Crippen LogP contribution in [0, 0.1) is 0 Å². The molecule has 230 valence electrons. The lowest BCUT2D eigenvalue weighted by Crippen LogP contribution is -2.53. The van der Waals surface area contributed by atoms with Crippen LogP contribution in [0.1, 0.15) is 44.6 Å². The molecule has 1 saturated carbocycles. The first-order valence-electron chi connectivity index (χ1n) is 14.3. The lowest BCUT2D eigenvalue weighted by molar-refractivity contribution is -0.139. The molecule has 11 heteroatoms. The van der Waals surface area contributed by atoms with E-state index >= 15 is 0 Å². The average Bonchev–Trinajstić information content (AvgIpc) is 3.03. The molecular weight excluding hydrogens is 634 g/mol. The zero-order valence-corrected chi connectivity index (χ0v) is 27.1. The van der Waals surface area contributed by atoms with E-state index < -0.39 is 28.5 Å². The van der Waals surface area contributed by atoms with Crippen molar-refractivity contribution < 1.29 is 27.5 Å². The number of nitrogens with one attached hydrogen (secondary N) is 1. The number of rotatable bonds is 12. The largest absolute Gasteiger partial charge is 0.497 e. The molecule has 0 saturated heterocycles. The number of ether oxygens (including phenoxy) is 2. The Morgan fingerprint density at radius 3 is 2.21 bits per heavy atom. The first-order valence-corrected chi connectivity index (χ1v) is 16.5. The van der Waals surface area contributed by atoms with E-state index in [1.807, 2.05) is 24.3 Å². The maximum Gasteiger partial charge on any atom is 0.264 e. The second kappa shape index (κ2) is 14.7. The quantitative estimate of drug-likeness (QED) is 0.272. The summed E-state index contributed by atoms with van der Waals surface area (Å²) in [5.41, 5.74) is 1.01. The van der Waals surface area contributed by atoms with Gasteiger partial charge in [0.25, 0.3) is 10.0 Å². The van der Waals surface area contributed by atoms with Crippen molar-refractivity contribution in [1.82, 2.24) is 10.2 Å². The van der Waals surface area contributed by atoms with Crippen molar-refractivity contribution in [3.63, 3.8) is 0 Å². The number of carbonyl (C=O) groups is 2. The van der Waals surface area contributed by atoms with Gasteiger partial charge in [0, 0.05) is 17.1 Å². The third kappa shape index (κ3) is 8.08. The Morgan fingerprint density at radius 2 is 1.58 bits per heavy atom. The molecule has 43 heavy (non-hydrogen) atoms. The predicted molar refractivity (Wildman–Crippen MR) is 170 cm³/mol. The topological polar surface area (TPSA) is 105 Å². The summed E-state index contributed by atoms with van der Waals surface area (Å²) >= 11 is 3.44. The molecule has 0 aromatic heterocycles. The number of nitrogens with zero attached hydrogens (tertiary/aromatic N) is 2. The number of anilines is 1. The van der Waals surface area contributed by atoms with Crippen LogP contribution in [0.5, 0.6) is 11.5 Å². The Balaban J connectivity index is 1.70. The van der Waals surface area contributed by atoms with Crippen LogP contribution in [0.2, 0.25) is 0 Å². The minimum absolute atomic E-state index is 0.0189. The highest BCUT2D eigenvalue weighted by atomic mass is 79.9. The van der Waals surface area contributed by atoms with Gasteiger partial charge < -0.3 is 19.7 Å². The first-order chi connectivity index (χ1) is 20.6. The van der Waals surface area contributed by atoms with E-state index in [9.17, 15) is 18.0 Å². The van der Waals surface area contributed by atoms with Gasteiger partial charge in [-0.05, 0) is 73.9 Å². The van der Waals surface area contributed by atoms with E-state index in [2.05, 4.69) is 21.2 Å². The molecule has 1 aliphatic rings. The van der Waals surface area contributed by atoms with Gasteiger partial charge in [-0.25, -0.2) is 8.42 Å². The normalized spacial score (nSPS) is 14.4. The molecule has 0 spiro atoms. The summed E-state index contributed by atoms with van der Waals surface area (Å²) in [6.45, 7) is 1.25. The Hall–Kier alpha value is -3.57. The standard InChI is InChI=1S/C32H38BrN3O6S/c1-23(32(38)34-26-9-5-4-6-10-26)35(21-24-13-15-25(33)16-14-24)31(37)22-36(29-11-7-8-12-30(29)42-3)43(39,40)28-19-17-27(41-2)18-20-28/h7-8,11-20,23,26H,4-6,9-10,21-22H2,1-3H3,(H,34,38)/t23-/m0/s1. The molecule has 1 fully saturated rings. The fraction of sp³-hybridized carbons (Fsp3) is 0.375. The van der Waals surface area contributed by atoms with Gasteiger partial charge in [0.15, 0.2) is 0 Å². The van der Waals surface area contributed by atoms with E-state index in [1.165, 1.54) is 31.3 Å². The summed E-state index contributed by atoms with van der Waals surface area (Å²) < 4.78 is 40.8. The molecule has 3 aromatic carbocycles. The fourth-order valence-corrected chi connectivity index (χ4v) is 6.85. The Morgan fingerprint density at radius 1 is 0.930 bits per heavy atom. The summed E-state index contributed by atoms with van der Waals surface area (Å²) in [5, 5.41) is 3.11. The molecular formula is C32H38BrN3O6S. The molecule has 0 unspecified atom stereocenters. The highest BCUT2D eigenvalue weighted by molar-refractivity contribution is 9.10. The summed E-state index contributed by atoms with van der Waals surface area (Å²) in [7, 11) is -1.31. The summed E-state index contributed by atoms with van der Waals surface area (Å²) in [5.74, 6) is -0.0105. The van der Waals surface area contributed by atoms with Crippen molar-refractivity contribution in [3.8, 4) is 11.5 Å². The van der Waals surface area contributed by atoms with Crippen LogP contribution < -0.4 is 19.1 Å². The minimum atomic E-state index is -4.24. The minimum Gasteiger partial charge on any atom is -0.497 e. The van der Waals surface area contributed by atoms with Gasteiger partial charge >= 0.3 is 0 Å². The Labute approximate surface area is 262 Å². The number of amides is 2. The predicted octanol–water partition coefficient (Wildman–Crippen LogP) is 5.53. The van der Waals surface area contributed by atoms with E-state index in [1.54, 1.807) is 43.3 Å². The maximum atomic E-state index is 14.2. The first kappa shape index (κ1) is 32.3. The van der Waals surface area contributed by atoms with E-state index in [0.29, 0.717) is 5.75 Å². The zero-order chi connectivity index (χ0) is 31.0. The van der Waals surface area contributed by atoms with Crippen LogP contribution >= 0.6 is 15.9 Å². The van der Waals surface area contributed by atoms with Crippen molar-refractivity contribution in [2.75, 3.05) is 25.1 Å². The van der Waals surface area contributed by atoms with Crippen LogP contribution in [0.15, 0.2) is 82.2 Å². The van der Waals surface area contributed by atoms with E-state index in [0.717, 1.165) is 46.4 Å². The van der Waals surface area contributed by atoms with Crippen molar-refractivity contribution >= 4 is 43.5 Å². The van der Waals surface area contributed by atoms with Crippen LogP contribution in [0.4, 0.5) is 5.69 Å². The second-order valence-electron chi connectivity index (χ2n) is 10.5. The van der Waals surface area contributed by atoms with Gasteiger partial charge in [0.1, 0.15) is 24.1 Å². The van der Waals surface area contributed by atoms with E-state index in [-0.39, 0.29) is 34.8 Å². The second-order valence-corrected chi connectivity index (χ2v) is 13.3. The smallest absolute Gasteiger partial charge is 0.264 e. The molecule has 0 aliphatic heterocycles. The van der Waals surface area contributed by atoms with Gasteiger partial charge in [-0.3, -0.25) is 13.9 Å². The lowest BCUT2D eigenvalue weighted by atomic mass is 9.95. The number of hydrogen-bond acceptors (Lipinski definition) is 6.